The zero-order valence-corrected chi connectivity index (χ0v) is 24.7. The maximum absolute atomic E-state index is 4.95. The minimum atomic E-state index is 0.637. The number of rotatable bonds is 5. The Morgan fingerprint density at radius 1 is 0.400 bits per heavy atom. The minimum absolute atomic E-state index is 0.637. The molecule has 6 aromatic carbocycles. The Morgan fingerprint density at radius 3 is 1.71 bits per heavy atom. The van der Waals surface area contributed by atoms with E-state index in [0.29, 0.717) is 17.5 Å². The molecule has 0 unspecified atom stereocenters. The van der Waals surface area contributed by atoms with E-state index in [4.69, 9.17) is 19.9 Å². The molecular formula is C41H28N4. The van der Waals surface area contributed by atoms with Crippen LogP contribution in [0.2, 0.25) is 0 Å². The molecule has 0 fully saturated rings. The summed E-state index contributed by atoms with van der Waals surface area (Å²) < 4.78 is 0. The predicted octanol–water partition coefficient (Wildman–Crippen LogP) is 10.2. The second kappa shape index (κ2) is 11.3. The fraction of sp³-hybridized carbons (Fsp3) is 0.0244. The summed E-state index contributed by atoms with van der Waals surface area (Å²) in [6.07, 6.45) is 1.91. The van der Waals surface area contributed by atoms with Crippen molar-refractivity contribution in [1.29, 1.82) is 0 Å². The van der Waals surface area contributed by atoms with Gasteiger partial charge >= 0.3 is 0 Å². The Labute approximate surface area is 261 Å². The van der Waals surface area contributed by atoms with E-state index < -0.39 is 0 Å². The van der Waals surface area contributed by atoms with Crippen molar-refractivity contribution < 1.29 is 0 Å². The number of pyridine rings is 1. The molecule has 4 nitrogen and oxygen atoms in total. The number of hydrogen-bond acceptors (Lipinski definition) is 4. The van der Waals surface area contributed by atoms with Crippen LogP contribution in [0.1, 0.15) is 5.56 Å². The van der Waals surface area contributed by atoms with Crippen LogP contribution in [0, 0.1) is 6.92 Å². The number of hydrogen-bond donors (Lipinski definition) is 0. The smallest absolute Gasteiger partial charge is 0.164 e. The minimum Gasteiger partial charge on any atom is -0.256 e. The van der Waals surface area contributed by atoms with Gasteiger partial charge in [-0.1, -0.05) is 133 Å². The van der Waals surface area contributed by atoms with Crippen molar-refractivity contribution in [3.8, 4) is 56.5 Å². The molecule has 0 aliphatic heterocycles. The molecular weight excluding hydrogens is 548 g/mol. The van der Waals surface area contributed by atoms with Crippen molar-refractivity contribution in [3.05, 3.63) is 157 Å². The lowest BCUT2D eigenvalue weighted by Crippen LogP contribution is -2.00. The summed E-state index contributed by atoms with van der Waals surface area (Å²) in [7, 11) is 0. The fourth-order valence-electron chi connectivity index (χ4n) is 6.13. The third kappa shape index (κ3) is 4.92. The lowest BCUT2D eigenvalue weighted by Gasteiger charge is -2.14. The molecule has 0 amide bonds. The van der Waals surface area contributed by atoms with Gasteiger partial charge in [-0.25, -0.2) is 15.0 Å². The van der Waals surface area contributed by atoms with E-state index >= 15 is 0 Å². The van der Waals surface area contributed by atoms with Gasteiger partial charge in [0.05, 0.1) is 5.69 Å². The van der Waals surface area contributed by atoms with E-state index in [1.54, 1.807) is 0 Å². The van der Waals surface area contributed by atoms with Crippen LogP contribution in [0.3, 0.4) is 0 Å². The van der Waals surface area contributed by atoms with Crippen LogP contribution >= 0.6 is 0 Å². The first-order valence-corrected chi connectivity index (χ1v) is 15.1. The normalized spacial score (nSPS) is 11.2. The van der Waals surface area contributed by atoms with Gasteiger partial charge in [-0.3, -0.25) is 4.98 Å². The van der Waals surface area contributed by atoms with Crippen LogP contribution in [0.15, 0.2) is 152 Å². The van der Waals surface area contributed by atoms with Gasteiger partial charge in [0.25, 0.3) is 0 Å². The molecule has 0 saturated carbocycles. The number of fused-ring (bicyclic) bond motifs is 3. The Balaban J connectivity index is 1.25. The molecule has 2 aromatic heterocycles. The Morgan fingerprint density at radius 2 is 0.978 bits per heavy atom. The molecule has 0 aliphatic carbocycles. The molecule has 212 valence electrons. The van der Waals surface area contributed by atoms with Crippen LogP contribution < -0.4 is 0 Å². The molecule has 0 aliphatic rings. The quantitative estimate of drug-likeness (QED) is 0.191. The Kier molecular flexibility index (Phi) is 6.65. The van der Waals surface area contributed by atoms with Gasteiger partial charge in [0, 0.05) is 28.5 Å². The maximum atomic E-state index is 4.95. The van der Waals surface area contributed by atoms with E-state index in [9.17, 15) is 0 Å². The van der Waals surface area contributed by atoms with Crippen LogP contribution in [0.5, 0.6) is 0 Å². The third-order valence-electron chi connectivity index (χ3n) is 8.38. The topological polar surface area (TPSA) is 51.6 Å². The van der Waals surface area contributed by atoms with Crippen molar-refractivity contribution in [1.82, 2.24) is 19.9 Å². The summed E-state index contributed by atoms with van der Waals surface area (Å²) in [5.41, 5.74) is 8.28. The largest absolute Gasteiger partial charge is 0.256 e. The molecule has 0 radical (unpaired) electrons. The highest BCUT2D eigenvalue weighted by Gasteiger charge is 2.16. The molecule has 0 N–H and O–H groups in total. The molecule has 8 rings (SSSR count). The van der Waals surface area contributed by atoms with Gasteiger partial charge in [-0.2, -0.15) is 0 Å². The first kappa shape index (κ1) is 26.6. The number of benzene rings is 6. The third-order valence-corrected chi connectivity index (χ3v) is 8.38. The molecule has 4 heteroatoms. The molecule has 45 heavy (non-hydrogen) atoms. The van der Waals surface area contributed by atoms with Crippen molar-refractivity contribution >= 4 is 21.5 Å². The zero-order valence-electron chi connectivity index (χ0n) is 24.7. The van der Waals surface area contributed by atoms with Crippen molar-refractivity contribution in [2.45, 2.75) is 6.92 Å². The molecule has 0 atom stereocenters. The standard InChI is InChI=1S/C41H28N4/c1-27-33(24-25-42-38(27)37-21-11-20-35-34-19-9-8-12-28(34)22-23-36(35)37)31-17-10-18-32(26-31)41-44-39(29-13-4-2-5-14-29)43-40(45-41)30-15-6-3-7-16-30/h2-26H,1H3. The van der Waals surface area contributed by atoms with Crippen molar-refractivity contribution in [2.75, 3.05) is 0 Å². The average Bonchev–Trinajstić information content (AvgIpc) is 3.12. The summed E-state index contributed by atoms with van der Waals surface area (Å²) in [6, 6.07) is 50.1. The van der Waals surface area contributed by atoms with Crippen LogP contribution in [0.25, 0.3) is 78.1 Å². The van der Waals surface area contributed by atoms with Crippen LogP contribution in [-0.2, 0) is 0 Å². The summed E-state index contributed by atoms with van der Waals surface area (Å²) in [5, 5.41) is 4.92. The number of nitrogens with zero attached hydrogens (tertiary/aromatic N) is 4. The highest BCUT2D eigenvalue weighted by Crippen LogP contribution is 2.37. The summed E-state index contributed by atoms with van der Waals surface area (Å²) in [4.78, 5) is 19.6. The monoisotopic (exact) mass is 576 g/mol. The lowest BCUT2D eigenvalue weighted by molar-refractivity contribution is 1.07. The average molecular weight is 577 g/mol. The van der Waals surface area contributed by atoms with Crippen molar-refractivity contribution in [3.63, 3.8) is 0 Å². The van der Waals surface area contributed by atoms with Gasteiger partial charge in [0.1, 0.15) is 0 Å². The Bertz CT molecular complexity index is 2270. The SMILES string of the molecule is Cc1c(-c2cccc(-c3nc(-c4ccccc4)nc(-c4ccccc4)n3)c2)ccnc1-c1cccc2c1ccc1ccccc12. The van der Waals surface area contributed by atoms with Gasteiger partial charge in [0.15, 0.2) is 17.5 Å². The molecule has 0 saturated heterocycles. The summed E-state index contributed by atoms with van der Waals surface area (Å²) in [6.45, 7) is 2.16. The van der Waals surface area contributed by atoms with Crippen LogP contribution in [-0.4, -0.2) is 19.9 Å². The second-order valence-corrected chi connectivity index (χ2v) is 11.1. The molecule has 0 spiro atoms. The second-order valence-electron chi connectivity index (χ2n) is 11.1. The highest BCUT2D eigenvalue weighted by molar-refractivity contribution is 6.12. The lowest BCUT2D eigenvalue weighted by atomic mass is 9.92. The van der Waals surface area contributed by atoms with E-state index in [2.05, 4.69) is 91.9 Å². The first-order chi connectivity index (χ1) is 22.2. The molecule has 0 bridgehead atoms. The van der Waals surface area contributed by atoms with Gasteiger partial charge < -0.3 is 0 Å². The van der Waals surface area contributed by atoms with E-state index in [0.717, 1.165) is 44.6 Å². The van der Waals surface area contributed by atoms with Crippen LogP contribution in [0.4, 0.5) is 0 Å². The summed E-state index contributed by atoms with van der Waals surface area (Å²) >= 11 is 0. The van der Waals surface area contributed by atoms with Gasteiger partial charge in [-0.15, -0.1) is 0 Å². The van der Waals surface area contributed by atoms with Gasteiger partial charge in [-0.05, 0) is 57.3 Å². The fourth-order valence-corrected chi connectivity index (χ4v) is 6.13. The molecule has 8 aromatic rings. The van der Waals surface area contributed by atoms with E-state index in [-0.39, 0.29) is 0 Å². The van der Waals surface area contributed by atoms with Gasteiger partial charge in [0.2, 0.25) is 0 Å². The number of aromatic nitrogens is 4. The molecule has 2 heterocycles. The zero-order chi connectivity index (χ0) is 30.2. The van der Waals surface area contributed by atoms with Crippen molar-refractivity contribution in [2.24, 2.45) is 0 Å². The van der Waals surface area contributed by atoms with E-state index in [1.807, 2.05) is 66.9 Å². The summed E-state index contributed by atoms with van der Waals surface area (Å²) in [5.74, 6) is 1.93. The predicted molar refractivity (Wildman–Crippen MR) is 185 cm³/mol. The first-order valence-electron chi connectivity index (χ1n) is 15.1. The van der Waals surface area contributed by atoms with E-state index in [1.165, 1.54) is 21.5 Å². The Hall–Kier alpha value is -6.00. The maximum Gasteiger partial charge on any atom is 0.164 e. The highest BCUT2D eigenvalue weighted by atomic mass is 15.0.